The largest absolute Gasteiger partial charge is 0.426 e. The molecule has 0 spiro atoms. The fourth-order valence-corrected chi connectivity index (χ4v) is 7.04. The molecular formula is C31H34N2O3. The molecule has 4 atom stereocenters. The van der Waals surface area contributed by atoms with Gasteiger partial charge in [-0.2, -0.15) is 0 Å². The van der Waals surface area contributed by atoms with Crippen LogP contribution in [0.5, 0.6) is 5.75 Å². The Labute approximate surface area is 213 Å². The van der Waals surface area contributed by atoms with E-state index in [0.29, 0.717) is 19.0 Å². The third-order valence-electron chi connectivity index (χ3n) is 8.53. The number of fused-ring (bicyclic) bond motifs is 3. The van der Waals surface area contributed by atoms with Crippen LogP contribution in [0.3, 0.4) is 0 Å². The summed E-state index contributed by atoms with van der Waals surface area (Å²) >= 11 is 0. The van der Waals surface area contributed by atoms with E-state index in [4.69, 9.17) is 9.47 Å². The lowest BCUT2D eigenvalue weighted by Crippen LogP contribution is -2.71. The summed E-state index contributed by atoms with van der Waals surface area (Å²) in [4.78, 5) is 18.8. The van der Waals surface area contributed by atoms with Crippen molar-refractivity contribution in [3.63, 3.8) is 0 Å². The van der Waals surface area contributed by atoms with E-state index >= 15 is 0 Å². The molecule has 2 aliphatic heterocycles. The third-order valence-corrected chi connectivity index (χ3v) is 8.53. The molecule has 186 valence electrons. The van der Waals surface area contributed by atoms with Crippen molar-refractivity contribution in [2.75, 3.05) is 44.3 Å². The predicted molar refractivity (Wildman–Crippen MR) is 142 cm³/mol. The van der Waals surface area contributed by atoms with E-state index in [-0.39, 0.29) is 23.7 Å². The van der Waals surface area contributed by atoms with Crippen LogP contribution in [-0.2, 0) is 15.1 Å². The Morgan fingerprint density at radius 1 is 0.861 bits per heavy atom. The van der Waals surface area contributed by atoms with Crippen LogP contribution in [-0.4, -0.2) is 50.3 Å². The van der Waals surface area contributed by atoms with Crippen molar-refractivity contribution in [1.29, 1.82) is 0 Å². The standard InChI is InChI=1S/C31H34N2O3/c1-3-32(4-2)24-15-16-25-26(21-24)36-30(34)29-27(22-11-7-5-8-12-22)28(23-13-9-6-10-14-23)31(25,29)33-17-19-35-20-18-33/h5-16,21,27-29H,3-4,17-20H2,1-2H3/t27-,28+,29-,31+/m0/s1. The number of hydrogen-bond donors (Lipinski definition) is 0. The van der Waals surface area contributed by atoms with Crippen molar-refractivity contribution in [3.8, 4) is 5.75 Å². The van der Waals surface area contributed by atoms with Crippen molar-refractivity contribution >= 4 is 11.7 Å². The first kappa shape index (κ1) is 23.3. The first-order valence-corrected chi connectivity index (χ1v) is 13.2. The maximum absolute atomic E-state index is 14.0. The number of morpholine rings is 1. The first-order valence-electron chi connectivity index (χ1n) is 13.2. The highest BCUT2D eigenvalue weighted by Crippen LogP contribution is 2.70. The van der Waals surface area contributed by atoms with E-state index in [1.165, 1.54) is 11.1 Å². The first-order chi connectivity index (χ1) is 17.7. The van der Waals surface area contributed by atoms with Gasteiger partial charge in [-0.05, 0) is 31.0 Å². The maximum Gasteiger partial charge on any atom is 0.317 e. The number of esters is 1. The minimum atomic E-state index is -0.474. The minimum absolute atomic E-state index is 0.0413. The Kier molecular flexibility index (Phi) is 6.06. The molecule has 1 aliphatic carbocycles. The second-order valence-electron chi connectivity index (χ2n) is 10.0. The lowest BCUT2D eigenvalue weighted by atomic mass is 9.44. The number of carbonyl (C=O) groups excluding carboxylic acids is 1. The minimum Gasteiger partial charge on any atom is -0.426 e. The van der Waals surface area contributed by atoms with Gasteiger partial charge in [0.25, 0.3) is 0 Å². The molecule has 0 radical (unpaired) electrons. The Hall–Kier alpha value is -3.15. The van der Waals surface area contributed by atoms with E-state index < -0.39 is 5.54 Å². The van der Waals surface area contributed by atoms with Crippen LogP contribution >= 0.6 is 0 Å². The van der Waals surface area contributed by atoms with Gasteiger partial charge in [0, 0.05) is 55.3 Å². The third kappa shape index (κ3) is 3.40. The summed E-state index contributed by atoms with van der Waals surface area (Å²) in [5, 5.41) is 0. The van der Waals surface area contributed by atoms with Crippen LogP contribution in [0.4, 0.5) is 5.69 Å². The van der Waals surface area contributed by atoms with E-state index in [2.05, 4.69) is 96.4 Å². The Bertz CT molecular complexity index is 1220. The van der Waals surface area contributed by atoms with Gasteiger partial charge < -0.3 is 14.4 Å². The van der Waals surface area contributed by atoms with Crippen molar-refractivity contribution in [3.05, 3.63) is 95.6 Å². The highest BCUT2D eigenvalue weighted by Gasteiger charge is 2.71. The van der Waals surface area contributed by atoms with Gasteiger partial charge in [-0.25, -0.2) is 0 Å². The topological polar surface area (TPSA) is 42.0 Å². The number of carbonyl (C=O) groups is 1. The summed E-state index contributed by atoms with van der Waals surface area (Å²) in [5.74, 6) is 0.468. The molecular weight excluding hydrogens is 448 g/mol. The van der Waals surface area contributed by atoms with Gasteiger partial charge in [0.05, 0.1) is 24.7 Å². The zero-order valence-corrected chi connectivity index (χ0v) is 21.1. The van der Waals surface area contributed by atoms with Crippen molar-refractivity contribution in [1.82, 2.24) is 4.90 Å². The molecule has 0 N–H and O–H groups in total. The number of nitrogens with zero attached hydrogens (tertiary/aromatic N) is 2. The number of anilines is 1. The predicted octanol–water partition coefficient (Wildman–Crippen LogP) is 5.18. The lowest BCUT2D eigenvalue weighted by molar-refractivity contribution is -0.179. The van der Waals surface area contributed by atoms with Crippen molar-refractivity contribution in [2.24, 2.45) is 5.92 Å². The summed E-state index contributed by atoms with van der Waals surface area (Å²) in [6.45, 7) is 9.07. The molecule has 5 heteroatoms. The van der Waals surface area contributed by atoms with E-state index in [1.807, 2.05) is 6.07 Å². The summed E-state index contributed by atoms with van der Waals surface area (Å²) in [6.07, 6.45) is 0. The van der Waals surface area contributed by atoms with Gasteiger partial charge in [0.1, 0.15) is 5.75 Å². The van der Waals surface area contributed by atoms with Crippen molar-refractivity contribution in [2.45, 2.75) is 31.2 Å². The Balaban J connectivity index is 1.58. The fraction of sp³-hybridized carbons (Fsp3) is 0.387. The average Bonchev–Trinajstić information content (AvgIpc) is 2.91. The van der Waals surface area contributed by atoms with Crippen LogP contribution in [0, 0.1) is 5.92 Å². The average molecular weight is 483 g/mol. The molecule has 3 aliphatic rings. The second-order valence-corrected chi connectivity index (χ2v) is 10.0. The lowest BCUT2D eigenvalue weighted by Gasteiger charge is -2.67. The Morgan fingerprint density at radius 2 is 1.50 bits per heavy atom. The van der Waals surface area contributed by atoms with Crippen molar-refractivity contribution < 1.29 is 14.3 Å². The molecule has 1 saturated carbocycles. The van der Waals surface area contributed by atoms with Crippen LogP contribution in [0.25, 0.3) is 0 Å². The van der Waals surface area contributed by atoms with Gasteiger partial charge in [-0.15, -0.1) is 0 Å². The van der Waals surface area contributed by atoms with Crippen LogP contribution in [0.2, 0.25) is 0 Å². The number of hydrogen-bond acceptors (Lipinski definition) is 5. The smallest absolute Gasteiger partial charge is 0.317 e. The fourth-order valence-electron chi connectivity index (χ4n) is 7.04. The molecule has 1 saturated heterocycles. The quantitative estimate of drug-likeness (QED) is 0.358. The molecule has 3 aromatic rings. The molecule has 0 amide bonds. The molecule has 0 unspecified atom stereocenters. The monoisotopic (exact) mass is 482 g/mol. The van der Waals surface area contributed by atoms with E-state index in [9.17, 15) is 4.79 Å². The van der Waals surface area contributed by atoms with Crippen LogP contribution in [0.1, 0.15) is 42.4 Å². The Morgan fingerprint density at radius 3 is 2.14 bits per heavy atom. The maximum atomic E-state index is 14.0. The van der Waals surface area contributed by atoms with Crippen LogP contribution in [0.15, 0.2) is 78.9 Å². The SMILES string of the molecule is CCN(CC)c1ccc2c(c1)OC(=O)[C@@H]1[C@@H](c3ccccc3)[C@@H](c3ccccc3)[C@]21N1CCOCC1. The van der Waals surface area contributed by atoms with Crippen LogP contribution < -0.4 is 9.64 Å². The van der Waals surface area contributed by atoms with E-state index in [0.717, 1.165) is 37.4 Å². The molecule has 0 bridgehead atoms. The zero-order valence-electron chi connectivity index (χ0n) is 21.1. The van der Waals surface area contributed by atoms with Gasteiger partial charge in [0.2, 0.25) is 0 Å². The molecule has 6 rings (SSSR count). The molecule has 0 aromatic heterocycles. The summed E-state index contributed by atoms with van der Waals surface area (Å²) in [5.41, 5.74) is 4.21. The normalized spacial score (nSPS) is 27.4. The molecule has 36 heavy (non-hydrogen) atoms. The summed E-state index contributed by atoms with van der Waals surface area (Å²) in [7, 11) is 0. The number of rotatable bonds is 6. The van der Waals surface area contributed by atoms with Gasteiger partial charge >= 0.3 is 5.97 Å². The number of benzene rings is 3. The summed E-state index contributed by atoms with van der Waals surface area (Å²) < 4.78 is 12.0. The molecule has 3 aromatic carbocycles. The molecule has 2 fully saturated rings. The highest BCUT2D eigenvalue weighted by molar-refractivity contribution is 5.85. The van der Waals surface area contributed by atoms with Gasteiger partial charge in [-0.1, -0.05) is 66.7 Å². The van der Waals surface area contributed by atoms with E-state index in [1.54, 1.807) is 0 Å². The molecule has 5 nitrogen and oxygen atoms in total. The summed E-state index contributed by atoms with van der Waals surface area (Å²) in [6, 6.07) is 27.8. The number of ether oxygens (including phenoxy) is 2. The second kappa shape index (κ2) is 9.38. The van der Waals surface area contributed by atoms with Gasteiger partial charge in [0.15, 0.2) is 0 Å². The zero-order chi connectivity index (χ0) is 24.7. The highest BCUT2D eigenvalue weighted by atomic mass is 16.5. The van der Waals surface area contributed by atoms with Gasteiger partial charge in [-0.3, -0.25) is 9.69 Å². The molecule has 2 heterocycles.